The molecule has 0 unspecified atom stereocenters. The molecule has 0 saturated carbocycles. The molecule has 1 aromatic carbocycles. The normalized spacial score (nSPS) is 15.4. The van der Waals surface area contributed by atoms with Crippen LogP contribution < -0.4 is 21.2 Å². The smallest absolute Gasteiger partial charge is 0.485 e. The van der Waals surface area contributed by atoms with Crippen molar-refractivity contribution in [1.82, 2.24) is 0 Å². The van der Waals surface area contributed by atoms with Gasteiger partial charge in [-0.2, -0.15) is 18.4 Å². The topological polar surface area (TPSA) is 81.0 Å². The standard InChI is InChI=1S/C17H19IN.CHF3O3S/c1-17(2,3)14-10-9-13(12-19)16(11-14)18-15-7-5-4-6-8-15;2-1(3,4)8(5,6)7/h4-8,10H,9,11H2,1-3H3;(H,5,6,7)/q+1;/p-1. The van der Waals surface area contributed by atoms with Crippen LogP contribution in [0.2, 0.25) is 0 Å². The van der Waals surface area contributed by atoms with E-state index in [-0.39, 0.29) is 26.6 Å². The van der Waals surface area contributed by atoms with Gasteiger partial charge in [0.05, 0.1) is 11.6 Å². The number of allylic oxidation sites excluding steroid dienone is 4. The first kappa shape index (κ1) is 23.7. The van der Waals surface area contributed by atoms with E-state index in [0.29, 0.717) is 0 Å². The third kappa shape index (κ3) is 7.63. The van der Waals surface area contributed by atoms with Gasteiger partial charge in [-0.1, -0.05) is 50.6 Å². The van der Waals surface area contributed by atoms with E-state index in [1.807, 2.05) is 6.07 Å². The molecule has 0 N–H and O–H groups in total. The van der Waals surface area contributed by atoms with Crippen molar-refractivity contribution in [3.05, 3.63) is 54.7 Å². The summed E-state index contributed by atoms with van der Waals surface area (Å²) in [6, 6.07) is 13.0. The van der Waals surface area contributed by atoms with Crippen LogP contribution in [0, 0.1) is 20.3 Å². The summed E-state index contributed by atoms with van der Waals surface area (Å²) in [6.45, 7) is 6.78. The molecule has 2 rings (SSSR count). The van der Waals surface area contributed by atoms with Crippen molar-refractivity contribution in [2.75, 3.05) is 0 Å². The summed E-state index contributed by atoms with van der Waals surface area (Å²) in [6.07, 6.45) is 4.08. The molecule has 0 amide bonds. The molecule has 4 nitrogen and oxygen atoms in total. The molecule has 0 atom stereocenters. The average molecular weight is 513 g/mol. The minimum Gasteiger partial charge on any atom is -0.741 e. The van der Waals surface area contributed by atoms with Crippen LogP contribution in [0.15, 0.2) is 51.1 Å². The Labute approximate surface area is 167 Å². The number of halogens is 4. The van der Waals surface area contributed by atoms with E-state index < -0.39 is 15.6 Å². The molecule has 0 fully saturated rings. The third-order valence-electron chi connectivity index (χ3n) is 3.56. The molecule has 0 aromatic heterocycles. The van der Waals surface area contributed by atoms with E-state index in [4.69, 9.17) is 13.0 Å². The van der Waals surface area contributed by atoms with E-state index >= 15 is 0 Å². The SMILES string of the molecule is CC(C)(C)C1=CCC(C#N)=C([I+]c2ccccc2)C1.O=S(=O)([O-])C(F)(F)F. The van der Waals surface area contributed by atoms with E-state index in [2.05, 4.69) is 57.2 Å². The van der Waals surface area contributed by atoms with E-state index in [0.717, 1.165) is 18.4 Å². The molecule has 0 bridgehead atoms. The Bertz CT molecular complexity index is 862. The number of benzene rings is 1. The Kier molecular flexibility index (Phi) is 8.07. The lowest BCUT2D eigenvalue weighted by Crippen LogP contribution is -3.61. The molecule has 1 aromatic rings. The van der Waals surface area contributed by atoms with Gasteiger partial charge < -0.3 is 4.55 Å². The summed E-state index contributed by atoms with van der Waals surface area (Å²) >= 11 is -0.200. The fraction of sp³-hybridized carbons (Fsp3) is 0.389. The van der Waals surface area contributed by atoms with Crippen LogP contribution in [0.25, 0.3) is 0 Å². The Morgan fingerprint density at radius 3 is 2.07 bits per heavy atom. The predicted octanol–water partition coefficient (Wildman–Crippen LogP) is 1.54. The Balaban J connectivity index is 0.000000387. The van der Waals surface area contributed by atoms with Crippen LogP contribution in [0.1, 0.15) is 33.6 Å². The molecule has 0 saturated heterocycles. The predicted molar refractivity (Wildman–Crippen MR) is 90.3 cm³/mol. The molecular formula is C18H19F3INO3S. The maximum atomic E-state index is 10.7. The second-order valence-electron chi connectivity index (χ2n) is 6.65. The molecule has 0 heterocycles. The van der Waals surface area contributed by atoms with Gasteiger partial charge in [-0.25, -0.2) is 8.42 Å². The van der Waals surface area contributed by atoms with Gasteiger partial charge in [-0.3, -0.25) is 0 Å². The zero-order valence-corrected chi connectivity index (χ0v) is 17.9. The van der Waals surface area contributed by atoms with Gasteiger partial charge >= 0.3 is 26.7 Å². The van der Waals surface area contributed by atoms with Crippen molar-refractivity contribution < 1.29 is 47.3 Å². The molecule has 9 heteroatoms. The average Bonchev–Trinajstić information content (AvgIpc) is 2.53. The largest absolute Gasteiger partial charge is 0.741 e. The highest BCUT2D eigenvalue weighted by Crippen LogP contribution is 2.33. The number of hydrogen-bond acceptors (Lipinski definition) is 4. The summed E-state index contributed by atoms with van der Waals surface area (Å²) in [7, 11) is -6.09. The first-order valence-electron chi connectivity index (χ1n) is 7.79. The van der Waals surface area contributed by atoms with Crippen molar-refractivity contribution in [2.45, 2.75) is 39.1 Å². The van der Waals surface area contributed by atoms with Gasteiger partial charge in [0.1, 0.15) is 0 Å². The van der Waals surface area contributed by atoms with Crippen LogP contribution in [0.5, 0.6) is 0 Å². The number of hydrogen-bond donors (Lipinski definition) is 0. The molecule has 1 aliphatic carbocycles. The first-order chi connectivity index (χ1) is 12.3. The van der Waals surface area contributed by atoms with Crippen molar-refractivity contribution >= 4 is 10.1 Å². The van der Waals surface area contributed by atoms with Crippen molar-refractivity contribution in [3.8, 4) is 6.07 Å². The second-order valence-corrected chi connectivity index (χ2v) is 11.1. The zero-order chi connectivity index (χ0) is 20.9. The number of nitriles is 1. The molecule has 1 aliphatic rings. The first-order valence-corrected chi connectivity index (χ1v) is 11.4. The maximum absolute atomic E-state index is 10.7. The van der Waals surface area contributed by atoms with E-state index in [9.17, 15) is 18.4 Å². The van der Waals surface area contributed by atoms with Crippen LogP contribution >= 0.6 is 0 Å². The lowest BCUT2D eigenvalue weighted by molar-refractivity contribution is -0.579. The minimum absolute atomic E-state index is 0.200. The van der Waals surface area contributed by atoms with Gasteiger partial charge in [0.2, 0.25) is 0 Å². The summed E-state index contributed by atoms with van der Waals surface area (Å²) < 4.78 is 61.7. The maximum Gasteiger partial charge on any atom is 0.485 e. The zero-order valence-electron chi connectivity index (χ0n) is 15.0. The summed E-state index contributed by atoms with van der Waals surface area (Å²) in [5, 5.41) is 9.31. The highest BCUT2D eigenvalue weighted by Gasteiger charge is 2.37. The fourth-order valence-corrected chi connectivity index (χ4v) is 4.85. The fourth-order valence-electron chi connectivity index (χ4n) is 2.06. The van der Waals surface area contributed by atoms with Gasteiger partial charge in [0.15, 0.2) is 17.3 Å². The number of nitrogens with zero attached hydrogens (tertiary/aromatic N) is 1. The highest BCUT2D eigenvalue weighted by atomic mass is 127. The monoisotopic (exact) mass is 513 g/mol. The third-order valence-corrected chi connectivity index (χ3v) is 7.16. The molecular weight excluding hydrogens is 494 g/mol. The van der Waals surface area contributed by atoms with E-state index in [1.165, 1.54) is 12.7 Å². The number of alkyl halides is 3. The lowest BCUT2D eigenvalue weighted by atomic mass is 9.81. The van der Waals surface area contributed by atoms with Crippen LogP contribution in [0.3, 0.4) is 0 Å². The van der Waals surface area contributed by atoms with Gasteiger partial charge in [-0.05, 0) is 17.5 Å². The lowest BCUT2D eigenvalue weighted by Gasteiger charge is -2.24. The Morgan fingerprint density at radius 1 is 1.15 bits per heavy atom. The molecule has 27 heavy (non-hydrogen) atoms. The Hall–Kier alpha value is -1.38. The van der Waals surface area contributed by atoms with Gasteiger partial charge in [-0.15, -0.1) is 0 Å². The van der Waals surface area contributed by atoms with Crippen molar-refractivity contribution in [3.63, 3.8) is 0 Å². The van der Waals surface area contributed by atoms with Crippen LogP contribution in [0.4, 0.5) is 13.2 Å². The van der Waals surface area contributed by atoms with Crippen LogP contribution in [-0.4, -0.2) is 18.5 Å². The summed E-state index contributed by atoms with van der Waals surface area (Å²) in [5.74, 6) is 0. The van der Waals surface area contributed by atoms with Crippen LogP contribution in [-0.2, 0) is 10.1 Å². The van der Waals surface area contributed by atoms with Crippen molar-refractivity contribution in [1.29, 1.82) is 5.26 Å². The molecule has 148 valence electrons. The van der Waals surface area contributed by atoms with Crippen molar-refractivity contribution in [2.24, 2.45) is 5.41 Å². The Morgan fingerprint density at radius 2 is 1.67 bits per heavy atom. The quantitative estimate of drug-likeness (QED) is 0.260. The molecule has 0 spiro atoms. The summed E-state index contributed by atoms with van der Waals surface area (Å²) in [5.41, 5.74) is -2.94. The number of rotatable bonds is 2. The highest BCUT2D eigenvalue weighted by molar-refractivity contribution is 7.86. The van der Waals surface area contributed by atoms with E-state index in [1.54, 1.807) is 0 Å². The van der Waals surface area contributed by atoms with Gasteiger partial charge in [0.25, 0.3) is 0 Å². The molecule has 0 aliphatic heterocycles. The second kappa shape index (κ2) is 9.21. The molecule has 0 radical (unpaired) electrons. The summed E-state index contributed by atoms with van der Waals surface area (Å²) in [4.78, 5) is 0. The minimum atomic E-state index is -6.09. The van der Waals surface area contributed by atoms with Gasteiger partial charge in [0, 0.05) is 12.8 Å².